The van der Waals surface area contributed by atoms with Crippen LogP contribution in [0.15, 0.2) is 0 Å². The van der Waals surface area contributed by atoms with Crippen molar-refractivity contribution < 1.29 is 76.1 Å². The molecule has 0 rings (SSSR count). The topological polar surface area (TPSA) is 294 Å². The summed E-state index contributed by atoms with van der Waals surface area (Å²) < 4.78 is 42.4. The molecule has 18 nitrogen and oxygen atoms in total. The number of rotatable bonds is 31. The third-order valence-corrected chi connectivity index (χ3v) is 7.78. The Hall–Kier alpha value is -3.81. The van der Waals surface area contributed by atoms with Crippen LogP contribution in [0, 0.1) is 11.8 Å². The van der Waals surface area contributed by atoms with Crippen LogP contribution in [-0.2, 0) is 57.9 Å². The largest absolute Gasteiger partial charge is 0.481 e. The summed E-state index contributed by atoms with van der Waals surface area (Å²) in [6.45, 7) is 1.35. The number of carbonyl (C=O) groups excluding carboxylic acids is 5. The number of nitrogens with one attached hydrogen (secondary N) is 2. The lowest BCUT2D eigenvalue weighted by atomic mass is 9.94. The Balaban J connectivity index is 4.44. The van der Waals surface area contributed by atoms with Crippen LogP contribution in [0.3, 0.4) is 0 Å². The Bertz CT molecular complexity index is 1240. The Kier molecular flexibility index (Phi) is 23.2. The normalized spacial score (nSPS) is 13.1. The number of amides is 2. The zero-order valence-corrected chi connectivity index (χ0v) is 28.4. The van der Waals surface area contributed by atoms with Crippen LogP contribution in [-0.4, -0.2) is 120 Å². The first-order valence-corrected chi connectivity index (χ1v) is 17.4. The second kappa shape index (κ2) is 25.2. The monoisotopic (exact) mass is 724 g/mol. The quantitative estimate of drug-likeness (QED) is 0.0416. The summed E-state index contributed by atoms with van der Waals surface area (Å²) in [5.41, 5.74) is 0. The molecule has 2 amide bonds. The van der Waals surface area contributed by atoms with Gasteiger partial charge in [0.2, 0.25) is 11.8 Å². The fourth-order valence-electron chi connectivity index (χ4n) is 4.44. The van der Waals surface area contributed by atoms with E-state index in [9.17, 15) is 57.0 Å². The van der Waals surface area contributed by atoms with Gasteiger partial charge in [0.05, 0.1) is 31.7 Å². The number of ketones is 3. The molecule has 49 heavy (non-hydrogen) atoms. The minimum absolute atomic E-state index is 0.0259. The van der Waals surface area contributed by atoms with Crippen molar-refractivity contribution in [2.45, 2.75) is 90.0 Å². The van der Waals surface area contributed by atoms with Crippen molar-refractivity contribution in [1.82, 2.24) is 10.6 Å². The van der Waals surface area contributed by atoms with E-state index in [-0.39, 0.29) is 83.1 Å². The van der Waals surface area contributed by atoms with Crippen LogP contribution < -0.4 is 10.6 Å². The van der Waals surface area contributed by atoms with Crippen molar-refractivity contribution in [2.24, 2.45) is 11.8 Å². The average molecular weight is 725 g/mol. The van der Waals surface area contributed by atoms with Crippen LogP contribution in [0.5, 0.6) is 0 Å². The van der Waals surface area contributed by atoms with Gasteiger partial charge in [-0.25, -0.2) is 0 Å². The Morgan fingerprint density at radius 1 is 0.694 bits per heavy atom. The van der Waals surface area contributed by atoms with Gasteiger partial charge >= 0.3 is 17.9 Å². The summed E-state index contributed by atoms with van der Waals surface area (Å²) in [6.07, 6.45) is 0.306. The smallest absolute Gasteiger partial charge is 0.306 e. The van der Waals surface area contributed by atoms with Crippen LogP contribution in [0.4, 0.5) is 0 Å². The second-order valence-electron chi connectivity index (χ2n) is 11.5. The molecular weight excluding hydrogens is 676 g/mol. The standard InChI is InChI=1S/C30H48N2O16S/c1-20(33)6-3-2-4-7-21(29(40)41)16-23(34)18-48-15-14-47-13-12-31-26(36)11-10-22(30(42)43)17-25(35)24(19-49(44,45)46)32-27(37)8-5-9-28(38)39/h21-22,24H,2-19H2,1H3,(H,31,36)(H,32,37)(H,38,39)(H,40,41)(H,42,43)(H,44,45,46). The first-order chi connectivity index (χ1) is 22.9. The van der Waals surface area contributed by atoms with E-state index in [1.54, 1.807) is 0 Å². The van der Waals surface area contributed by atoms with Crippen molar-refractivity contribution in [3.63, 3.8) is 0 Å². The van der Waals surface area contributed by atoms with Crippen molar-refractivity contribution in [3.8, 4) is 0 Å². The van der Waals surface area contributed by atoms with Gasteiger partial charge in [-0.15, -0.1) is 0 Å². The van der Waals surface area contributed by atoms with E-state index < -0.39 is 75.7 Å². The molecule has 0 aliphatic heterocycles. The van der Waals surface area contributed by atoms with Crippen molar-refractivity contribution in [1.29, 1.82) is 0 Å². The molecule has 3 atom stereocenters. The van der Waals surface area contributed by atoms with Gasteiger partial charge in [-0.05, 0) is 32.6 Å². The SMILES string of the molecule is CC(=O)CCCCCC(CC(=O)COCCOCCNC(=O)CCC(CC(=O)C(CS(=O)(=O)O)NC(=O)CCCC(=O)O)C(=O)O)C(=O)O. The fraction of sp³-hybridized carbons (Fsp3) is 0.733. The molecule has 0 radical (unpaired) electrons. The maximum absolute atomic E-state index is 12.7. The van der Waals surface area contributed by atoms with Gasteiger partial charge in [-0.3, -0.25) is 38.1 Å². The molecule has 6 N–H and O–H groups in total. The highest BCUT2D eigenvalue weighted by molar-refractivity contribution is 7.85. The Morgan fingerprint density at radius 2 is 1.33 bits per heavy atom. The van der Waals surface area contributed by atoms with Gasteiger partial charge in [0.1, 0.15) is 24.2 Å². The molecule has 0 saturated heterocycles. The van der Waals surface area contributed by atoms with Crippen molar-refractivity contribution in [3.05, 3.63) is 0 Å². The van der Waals surface area contributed by atoms with Gasteiger partial charge in [-0.2, -0.15) is 8.42 Å². The number of ether oxygens (including phenoxy) is 2. The summed E-state index contributed by atoms with van der Waals surface area (Å²) in [5, 5.41) is 32.1. The summed E-state index contributed by atoms with van der Waals surface area (Å²) in [7, 11) is -4.77. The summed E-state index contributed by atoms with van der Waals surface area (Å²) in [6, 6.07) is -1.79. The second-order valence-corrected chi connectivity index (χ2v) is 13.0. The van der Waals surface area contributed by atoms with Crippen LogP contribution in [0.25, 0.3) is 0 Å². The van der Waals surface area contributed by atoms with Gasteiger partial charge in [0.25, 0.3) is 10.1 Å². The molecule has 0 bridgehead atoms. The van der Waals surface area contributed by atoms with E-state index >= 15 is 0 Å². The van der Waals surface area contributed by atoms with Crippen molar-refractivity contribution in [2.75, 3.05) is 38.7 Å². The van der Waals surface area contributed by atoms with Crippen LogP contribution >= 0.6 is 0 Å². The molecule has 0 aromatic carbocycles. The highest BCUT2D eigenvalue weighted by Gasteiger charge is 2.30. The minimum atomic E-state index is -4.77. The van der Waals surface area contributed by atoms with Crippen molar-refractivity contribution >= 4 is 57.2 Å². The minimum Gasteiger partial charge on any atom is -0.481 e. The molecular formula is C30H48N2O16S. The number of aliphatic carboxylic acids is 3. The molecule has 3 unspecified atom stereocenters. The van der Waals surface area contributed by atoms with E-state index in [1.807, 2.05) is 0 Å². The van der Waals surface area contributed by atoms with Crippen LogP contribution in [0.2, 0.25) is 0 Å². The zero-order chi connectivity index (χ0) is 37.4. The number of carboxylic acids is 3. The highest BCUT2D eigenvalue weighted by Crippen LogP contribution is 2.16. The third-order valence-electron chi connectivity index (χ3n) is 7.02. The Labute approximate surface area is 284 Å². The lowest BCUT2D eigenvalue weighted by Gasteiger charge is -2.19. The van der Waals surface area contributed by atoms with Crippen LogP contribution in [0.1, 0.15) is 84.0 Å². The molecule has 0 aliphatic carbocycles. The number of hydrogen-bond donors (Lipinski definition) is 6. The fourth-order valence-corrected chi connectivity index (χ4v) is 5.13. The zero-order valence-electron chi connectivity index (χ0n) is 27.6. The number of unbranched alkanes of at least 4 members (excludes halogenated alkanes) is 2. The van der Waals surface area contributed by atoms with Gasteiger partial charge in [0, 0.05) is 45.1 Å². The molecule has 0 saturated carbocycles. The molecule has 0 spiro atoms. The predicted octanol–water partition coefficient (Wildman–Crippen LogP) is 0.403. The molecule has 0 aliphatic rings. The third kappa shape index (κ3) is 25.8. The number of carboxylic acid groups (broad SMARTS) is 3. The highest BCUT2D eigenvalue weighted by atomic mass is 32.2. The predicted molar refractivity (Wildman–Crippen MR) is 169 cm³/mol. The van der Waals surface area contributed by atoms with E-state index in [0.29, 0.717) is 32.1 Å². The molecule has 19 heteroatoms. The molecule has 280 valence electrons. The Morgan fingerprint density at radius 3 is 1.92 bits per heavy atom. The first kappa shape index (κ1) is 45.2. The average Bonchev–Trinajstić information content (AvgIpc) is 2.97. The first-order valence-electron chi connectivity index (χ1n) is 15.8. The number of carbonyl (C=O) groups is 8. The maximum Gasteiger partial charge on any atom is 0.306 e. The molecule has 0 aromatic heterocycles. The molecule has 0 fully saturated rings. The van der Waals surface area contributed by atoms with E-state index in [0.717, 1.165) is 0 Å². The van der Waals surface area contributed by atoms with Gasteiger partial charge in [0.15, 0.2) is 11.6 Å². The summed E-state index contributed by atoms with van der Waals surface area (Å²) in [4.78, 5) is 93.7. The van der Waals surface area contributed by atoms with E-state index in [1.165, 1.54) is 6.92 Å². The summed E-state index contributed by atoms with van der Waals surface area (Å²) in [5.74, 6) is -9.96. The number of Topliss-reactive ketones (excluding diaryl/α,β-unsaturated/α-hetero) is 3. The molecule has 0 heterocycles. The molecule has 0 aromatic rings. The van der Waals surface area contributed by atoms with E-state index in [2.05, 4.69) is 10.6 Å². The summed E-state index contributed by atoms with van der Waals surface area (Å²) >= 11 is 0. The van der Waals surface area contributed by atoms with Gasteiger partial charge in [-0.1, -0.05) is 12.8 Å². The van der Waals surface area contributed by atoms with E-state index in [4.69, 9.17) is 19.1 Å². The maximum atomic E-state index is 12.7. The lowest BCUT2D eigenvalue weighted by molar-refractivity contribution is -0.145. The van der Waals surface area contributed by atoms with Gasteiger partial charge < -0.3 is 40.2 Å². The lowest BCUT2D eigenvalue weighted by Crippen LogP contribution is -2.46. The number of hydrogen-bond acceptors (Lipinski definition) is 12.